The van der Waals surface area contributed by atoms with Crippen LogP contribution in [0, 0.1) is 6.92 Å². The van der Waals surface area contributed by atoms with Gasteiger partial charge >= 0.3 is 0 Å². The van der Waals surface area contributed by atoms with E-state index in [0.717, 1.165) is 11.3 Å². The first-order chi connectivity index (χ1) is 7.70. The maximum atomic E-state index is 11.7. The molecule has 0 aromatic heterocycles. The molecule has 1 rings (SSSR count). The smallest absolute Gasteiger partial charge is 0.241 e. The fourth-order valence-corrected chi connectivity index (χ4v) is 1.64. The Morgan fingerprint density at radius 2 is 2.12 bits per heavy atom. The van der Waals surface area contributed by atoms with Crippen molar-refractivity contribution in [3.8, 4) is 0 Å². The van der Waals surface area contributed by atoms with E-state index in [1.54, 1.807) is 12.0 Å². The summed E-state index contributed by atoms with van der Waals surface area (Å²) in [5.41, 5.74) is 1.95. The van der Waals surface area contributed by atoms with Gasteiger partial charge in [-0.25, -0.2) is 0 Å². The standard InChI is InChI=1S/C12H16ClNO2/c1-10-5-3-4-6-11(10)14(7-8-16-2)12(15)9-13/h3-6H,7-9H2,1-2H3. The number of ether oxygens (including phenoxy) is 1. The Kier molecular flexibility index (Phi) is 5.29. The predicted octanol–water partition coefficient (Wildman–Crippen LogP) is 2.21. The van der Waals surface area contributed by atoms with E-state index in [0.29, 0.717) is 13.2 Å². The summed E-state index contributed by atoms with van der Waals surface area (Å²) >= 11 is 5.60. The van der Waals surface area contributed by atoms with Crippen LogP contribution in [-0.2, 0) is 9.53 Å². The molecular weight excluding hydrogens is 226 g/mol. The third-order valence-corrected chi connectivity index (χ3v) is 2.57. The first-order valence-electron chi connectivity index (χ1n) is 5.11. The summed E-state index contributed by atoms with van der Waals surface area (Å²) < 4.78 is 4.99. The van der Waals surface area contributed by atoms with Crippen LogP contribution in [-0.4, -0.2) is 32.0 Å². The molecule has 3 nitrogen and oxygen atoms in total. The van der Waals surface area contributed by atoms with Crippen LogP contribution in [0.2, 0.25) is 0 Å². The molecule has 0 atom stereocenters. The molecule has 0 aliphatic rings. The Morgan fingerprint density at radius 1 is 1.44 bits per heavy atom. The van der Waals surface area contributed by atoms with Crippen molar-refractivity contribution in [2.45, 2.75) is 6.92 Å². The number of anilines is 1. The number of hydrogen-bond acceptors (Lipinski definition) is 2. The van der Waals surface area contributed by atoms with Gasteiger partial charge in [-0.1, -0.05) is 18.2 Å². The van der Waals surface area contributed by atoms with Gasteiger partial charge in [0.05, 0.1) is 6.61 Å². The van der Waals surface area contributed by atoms with E-state index in [2.05, 4.69) is 0 Å². The van der Waals surface area contributed by atoms with Crippen LogP contribution in [0.3, 0.4) is 0 Å². The third-order valence-electron chi connectivity index (χ3n) is 2.34. The molecule has 0 bridgehead atoms. The van der Waals surface area contributed by atoms with Gasteiger partial charge in [0.1, 0.15) is 5.88 Å². The Balaban J connectivity index is 2.92. The molecule has 0 radical (unpaired) electrons. The largest absolute Gasteiger partial charge is 0.383 e. The highest BCUT2D eigenvalue weighted by Gasteiger charge is 2.15. The highest BCUT2D eigenvalue weighted by Crippen LogP contribution is 2.19. The number of aryl methyl sites for hydroxylation is 1. The topological polar surface area (TPSA) is 29.5 Å². The number of halogens is 1. The van der Waals surface area contributed by atoms with Crippen LogP contribution in [0.5, 0.6) is 0 Å². The minimum Gasteiger partial charge on any atom is -0.383 e. The number of amides is 1. The SMILES string of the molecule is COCCN(C(=O)CCl)c1ccccc1C. The zero-order valence-electron chi connectivity index (χ0n) is 9.57. The Morgan fingerprint density at radius 3 is 2.69 bits per heavy atom. The highest BCUT2D eigenvalue weighted by atomic mass is 35.5. The van der Waals surface area contributed by atoms with Crippen LogP contribution in [0.1, 0.15) is 5.56 Å². The number of rotatable bonds is 5. The lowest BCUT2D eigenvalue weighted by molar-refractivity contribution is -0.116. The van der Waals surface area contributed by atoms with E-state index in [4.69, 9.17) is 16.3 Å². The summed E-state index contributed by atoms with van der Waals surface area (Å²) in [6.07, 6.45) is 0. The number of methoxy groups -OCH3 is 1. The predicted molar refractivity (Wildman–Crippen MR) is 66.1 cm³/mol. The van der Waals surface area contributed by atoms with Crippen LogP contribution >= 0.6 is 11.6 Å². The molecule has 0 aliphatic heterocycles. The van der Waals surface area contributed by atoms with E-state index in [-0.39, 0.29) is 11.8 Å². The second-order valence-electron chi connectivity index (χ2n) is 3.46. The number of alkyl halides is 1. The maximum Gasteiger partial charge on any atom is 0.241 e. The number of para-hydroxylation sites is 1. The summed E-state index contributed by atoms with van der Waals surface area (Å²) in [5, 5.41) is 0. The molecule has 0 aliphatic carbocycles. The third kappa shape index (κ3) is 3.22. The van der Waals surface area contributed by atoms with Crippen molar-refractivity contribution >= 4 is 23.2 Å². The number of nitrogens with zero attached hydrogens (tertiary/aromatic N) is 1. The fourth-order valence-electron chi connectivity index (χ4n) is 1.50. The van der Waals surface area contributed by atoms with Gasteiger partial charge in [0.15, 0.2) is 0 Å². The van der Waals surface area contributed by atoms with Crippen molar-refractivity contribution in [1.29, 1.82) is 0 Å². The molecule has 0 N–H and O–H groups in total. The summed E-state index contributed by atoms with van der Waals surface area (Å²) in [5.74, 6) is -0.120. The Bertz CT molecular complexity index is 355. The summed E-state index contributed by atoms with van der Waals surface area (Å²) in [4.78, 5) is 13.4. The number of carbonyl (C=O) groups is 1. The summed E-state index contributed by atoms with van der Waals surface area (Å²) in [7, 11) is 1.61. The highest BCUT2D eigenvalue weighted by molar-refractivity contribution is 6.29. The molecule has 1 aromatic carbocycles. The van der Waals surface area contributed by atoms with Crippen molar-refractivity contribution in [2.24, 2.45) is 0 Å². The summed E-state index contributed by atoms with van der Waals surface area (Å²) in [6.45, 7) is 2.99. The van der Waals surface area contributed by atoms with Crippen LogP contribution < -0.4 is 4.90 Å². The van der Waals surface area contributed by atoms with Crippen LogP contribution in [0.25, 0.3) is 0 Å². The zero-order valence-corrected chi connectivity index (χ0v) is 10.3. The van der Waals surface area contributed by atoms with E-state index >= 15 is 0 Å². The zero-order chi connectivity index (χ0) is 12.0. The van der Waals surface area contributed by atoms with E-state index < -0.39 is 0 Å². The lowest BCUT2D eigenvalue weighted by atomic mass is 10.2. The van der Waals surface area contributed by atoms with Gasteiger partial charge in [-0.2, -0.15) is 0 Å². The van der Waals surface area contributed by atoms with Gasteiger partial charge < -0.3 is 9.64 Å². The monoisotopic (exact) mass is 241 g/mol. The minimum atomic E-state index is -0.104. The molecule has 0 saturated heterocycles. The van der Waals surface area contributed by atoms with Crippen LogP contribution in [0.4, 0.5) is 5.69 Å². The fraction of sp³-hybridized carbons (Fsp3) is 0.417. The van der Waals surface area contributed by atoms with Gasteiger partial charge in [0.25, 0.3) is 0 Å². The number of hydrogen-bond donors (Lipinski definition) is 0. The van der Waals surface area contributed by atoms with Crippen molar-refractivity contribution < 1.29 is 9.53 Å². The number of carbonyl (C=O) groups excluding carboxylic acids is 1. The summed E-state index contributed by atoms with van der Waals surface area (Å²) in [6, 6.07) is 7.73. The molecule has 16 heavy (non-hydrogen) atoms. The van der Waals surface area contributed by atoms with Gasteiger partial charge in [0.2, 0.25) is 5.91 Å². The van der Waals surface area contributed by atoms with E-state index in [1.165, 1.54) is 0 Å². The molecule has 0 spiro atoms. The average Bonchev–Trinajstić information content (AvgIpc) is 2.31. The second-order valence-corrected chi connectivity index (χ2v) is 3.73. The molecule has 1 aromatic rings. The Hall–Kier alpha value is -1.06. The van der Waals surface area contributed by atoms with Crippen molar-refractivity contribution in [3.63, 3.8) is 0 Å². The van der Waals surface area contributed by atoms with E-state index in [1.807, 2.05) is 31.2 Å². The number of benzene rings is 1. The minimum absolute atomic E-state index is 0.0158. The molecular formula is C12H16ClNO2. The van der Waals surface area contributed by atoms with Gasteiger partial charge in [-0.15, -0.1) is 11.6 Å². The maximum absolute atomic E-state index is 11.7. The Labute approximate surface area is 101 Å². The van der Waals surface area contributed by atoms with Crippen molar-refractivity contribution in [2.75, 3.05) is 31.0 Å². The average molecular weight is 242 g/mol. The first-order valence-corrected chi connectivity index (χ1v) is 5.65. The van der Waals surface area contributed by atoms with Crippen molar-refractivity contribution in [1.82, 2.24) is 0 Å². The van der Waals surface area contributed by atoms with Gasteiger partial charge in [0, 0.05) is 19.3 Å². The molecule has 88 valence electrons. The molecule has 0 fully saturated rings. The van der Waals surface area contributed by atoms with E-state index in [9.17, 15) is 4.79 Å². The lowest BCUT2D eigenvalue weighted by Gasteiger charge is -2.23. The van der Waals surface area contributed by atoms with Gasteiger partial charge in [-0.05, 0) is 18.6 Å². The molecule has 1 amide bonds. The molecule has 0 unspecified atom stereocenters. The van der Waals surface area contributed by atoms with Crippen molar-refractivity contribution in [3.05, 3.63) is 29.8 Å². The molecule has 0 saturated carbocycles. The molecule has 0 heterocycles. The van der Waals surface area contributed by atoms with Crippen LogP contribution in [0.15, 0.2) is 24.3 Å². The normalized spacial score (nSPS) is 10.2. The quantitative estimate of drug-likeness (QED) is 0.740. The first kappa shape index (κ1) is 13.0. The van der Waals surface area contributed by atoms with Gasteiger partial charge in [-0.3, -0.25) is 4.79 Å². The second kappa shape index (κ2) is 6.51. The molecule has 4 heteroatoms. The lowest BCUT2D eigenvalue weighted by Crippen LogP contribution is -2.35.